The summed E-state index contributed by atoms with van der Waals surface area (Å²) < 4.78 is 23.4. The van der Waals surface area contributed by atoms with Gasteiger partial charge in [-0.2, -0.15) is 0 Å². The van der Waals surface area contributed by atoms with E-state index < -0.39 is 8.87 Å². The number of nitrogens with one attached hydrogen (secondary N) is 1. The van der Waals surface area contributed by atoms with E-state index in [0.29, 0.717) is 17.9 Å². The molecule has 6 heteroatoms. The highest BCUT2D eigenvalue weighted by Gasteiger charge is 2.13. The maximum absolute atomic E-state index is 11.7. The Morgan fingerprint density at radius 2 is 1.82 bits per heavy atom. The van der Waals surface area contributed by atoms with Crippen LogP contribution in [0.25, 0.3) is 0 Å². The first-order valence-electron chi connectivity index (χ1n) is 5.29. The third-order valence-electron chi connectivity index (χ3n) is 2.02. The molecule has 0 heterocycles. The van der Waals surface area contributed by atoms with Crippen LogP contribution in [0, 0.1) is 0 Å². The van der Waals surface area contributed by atoms with E-state index in [1.807, 2.05) is 0 Å². The number of hydrogen-bond acceptors (Lipinski definition) is 4. The van der Waals surface area contributed by atoms with Crippen molar-refractivity contribution in [3.8, 4) is 0 Å². The Labute approximate surface area is 105 Å². The van der Waals surface area contributed by atoms with Gasteiger partial charge in [0.05, 0.1) is 4.90 Å². The minimum atomic E-state index is -3.26. The molecule has 1 amide bonds. The van der Waals surface area contributed by atoms with Crippen molar-refractivity contribution in [1.82, 2.24) is 0 Å². The van der Waals surface area contributed by atoms with E-state index in [9.17, 15) is 13.2 Å². The topological polar surface area (TPSA) is 63.2 Å². The van der Waals surface area contributed by atoms with Gasteiger partial charge in [0.25, 0.3) is 0 Å². The highest BCUT2D eigenvalue weighted by Crippen LogP contribution is 2.24. The summed E-state index contributed by atoms with van der Waals surface area (Å²) in [6, 6.07) is 6.19. The summed E-state index contributed by atoms with van der Waals surface area (Å²) in [5.41, 5.74) is 0.609. The largest absolute Gasteiger partial charge is 0.326 e. The number of benzene rings is 1. The Morgan fingerprint density at radius 3 is 2.29 bits per heavy atom. The number of anilines is 1. The Bertz CT molecular complexity index is 480. The fraction of sp³-hybridized carbons (Fsp3) is 0.364. The summed E-state index contributed by atoms with van der Waals surface area (Å²) in [6.45, 7) is 3.55. The number of carbonyl (C=O) groups is 1. The average molecular weight is 273 g/mol. The van der Waals surface area contributed by atoms with E-state index in [1.54, 1.807) is 26.0 Å². The van der Waals surface area contributed by atoms with Crippen molar-refractivity contribution in [2.75, 3.05) is 11.1 Å². The number of carbonyl (C=O) groups excluding carboxylic acids is 1. The Kier molecular flexibility index (Phi) is 5.02. The van der Waals surface area contributed by atoms with Gasteiger partial charge in [-0.05, 0) is 35.1 Å². The average Bonchev–Trinajstić information content (AvgIpc) is 2.29. The minimum Gasteiger partial charge on any atom is -0.326 e. The van der Waals surface area contributed by atoms with Gasteiger partial charge in [-0.3, -0.25) is 4.79 Å². The van der Waals surface area contributed by atoms with Crippen LogP contribution in [0.2, 0.25) is 0 Å². The first-order chi connectivity index (χ1) is 7.99. The van der Waals surface area contributed by atoms with Crippen LogP contribution in [-0.2, 0) is 13.7 Å². The minimum absolute atomic E-state index is 0.0939. The molecule has 0 atom stereocenters. The van der Waals surface area contributed by atoms with Crippen LogP contribution in [0.1, 0.15) is 20.3 Å². The monoisotopic (exact) mass is 273 g/mol. The second-order valence-electron chi connectivity index (χ2n) is 3.29. The summed E-state index contributed by atoms with van der Waals surface area (Å²) in [6.07, 6.45) is 0.395. The van der Waals surface area contributed by atoms with Crippen molar-refractivity contribution in [3.05, 3.63) is 24.3 Å². The molecule has 0 aromatic heterocycles. The molecule has 0 radical (unpaired) electrons. The molecule has 1 aromatic rings. The molecule has 0 fully saturated rings. The molecular weight excluding hydrogens is 258 g/mol. The van der Waals surface area contributed by atoms with E-state index in [0.717, 1.165) is 10.8 Å². The third-order valence-corrected chi connectivity index (χ3v) is 5.63. The lowest BCUT2D eigenvalue weighted by molar-refractivity contribution is -0.115. The molecule has 17 heavy (non-hydrogen) atoms. The van der Waals surface area contributed by atoms with Crippen LogP contribution >= 0.6 is 10.8 Å². The van der Waals surface area contributed by atoms with Gasteiger partial charge in [0.2, 0.25) is 14.8 Å². The maximum Gasteiger partial charge on any atom is 0.229 e. The zero-order valence-electron chi connectivity index (χ0n) is 9.76. The lowest BCUT2D eigenvalue weighted by Gasteiger charge is -2.05. The van der Waals surface area contributed by atoms with Gasteiger partial charge in [-0.25, -0.2) is 8.42 Å². The normalized spacial score (nSPS) is 11.2. The van der Waals surface area contributed by atoms with E-state index in [1.165, 1.54) is 12.1 Å². The molecule has 0 bridgehead atoms. The van der Waals surface area contributed by atoms with Crippen molar-refractivity contribution in [2.45, 2.75) is 25.2 Å². The van der Waals surface area contributed by atoms with Crippen LogP contribution in [-0.4, -0.2) is 20.1 Å². The van der Waals surface area contributed by atoms with Gasteiger partial charge in [0, 0.05) is 17.9 Å². The summed E-state index contributed by atoms with van der Waals surface area (Å²) in [5.74, 6) is 0.417. The molecule has 4 nitrogen and oxygen atoms in total. The second-order valence-corrected chi connectivity index (χ2v) is 7.50. The standard InChI is InChI=1S/C11H15NO3S2/c1-3-11(13)12-9-5-7-10(8-6-9)17(14,15)16-4-2/h5-8H,3-4H2,1-2H3,(H,12,13). The molecule has 0 spiro atoms. The predicted molar refractivity (Wildman–Crippen MR) is 70.7 cm³/mol. The van der Waals surface area contributed by atoms with Crippen molar-refractivity contribution in [1.29, 1.82) is 0 Å². The molecule has 0 saturated heterocycles. The van der Waals surface area contributed by atoms with Crippen LogP contribution in [0.3, 0.4) is 0 Å². The molecule has 1 rings (SSSR count). The molecule has 0 aliphatic rings. The van der Waals surface area contributed by atoms with Crippen LogP contribution < -0.4 is 5.32 Å². The van der Waals surface area contributed by atoms with Crippen molar-refractivity contribution >= 4 is 31.3 Å². The Balaban J connectivity index is 2.85. The van der Waals surface area contributed by atoms with Crippen LogP contribution in [0.5, 0.6) is 0 Å². The predicted octanol–water partition coefficient (Wildman–Crippen LogP) is 2.48. The number of rotatable bonds is 5. The highest BCUT2D eigenvalue weighted by molar-refractivity contribution is 8.72. The Morgan fingerprint density at radius 1 is 1.24 bits per heavy atom. The second kappa shape index (κ2) is 6.07. The van der Waals surface area contributed by atoms with E-state index in [2.05, 4.69) is 5.32 Å². The smallest absolute Gasteiger partial charge is 0.229 e. The van der Waals surface area contributed by atoms with Crippen molar-refractivity contribution in [3.63, 3.8) is 0 Å². The van der Waals surface area contributed by atoms with Gasteiger partial charge >= 0.3 is 0 Å². The molecule has 0 aliphatic heterocycles. The van der Waals surface area contributed by atoms with Gasteiger partial charge in [0.15, 0.2) is 0 Å². The molecule has 0 unspecified atom stereocenters. The molecule has 0 saturated carbocycles. The van der Waals surface area contributed by atoms with E-state index in [4.69, 9.17) is 0 Å². The SMILES string of the molecule is CCSS(=O)(=O)c1ccc(NC(=O)CC)cc1. The highest BCUT2D eigenvalue weighted by atomic mass is 33.1. The zero-order chi connectivity index (χ0) is 12.9. The summed E-state index contributed by atoms with van der Waals surface area (Å²) in [7, 11) is -2.36. The zero-order valence-corrected chi connectivity index (χ0v) is 11.4. The molecule has 1 N–H and O–H groups in total. The quantitative estimate of drug-likeness (QED) is 0.837. The third kappa shape index (κ3) is 4.05. The lowest BCUT2D eigenvalue weighted by Crippen LogP contribution is -2.09. The van der Waals surface area contributed by atoms with Crippen LogP contribution in [0.15, 0.2) is 29.2 Å². The van der Waals surface area contributed by atoms with E-state index in [-0.39, 0.29) is 10.8 Å². The summed E-state index contributed by atoms with van der Waals surface area (Å²) >= 11 is 0. The summed E-state index contributed by atoms with van der Waals surface area (Å²) in [5, 5.41) is 2.66. The van der Waals surface area contributed by atoms with Crippen LogP contribution in [0.4, 0.5) is 5.69 Å². The van der Waals surface area contributed by atoms with Crippen molar-refractivity contribution < 1.29 is 13.2 Å². The molecule has 1 aromatic carbocycles. The Hall–Kier alpha value is -1.01. The van der Waals surface area contributed by atoms with Gasteiger partial charge in [-0.1, -0.05) is 13.8 Å². The summed E-state index contributed by atoms with van der Waals surface area (Å²) in [4.78, 5) is 11.4. The first-order valence-corrected chi connectivity index (χ1v) is 8.27. The number of amides is 1. The van der Waals surface area contributed by atoms with E-state index >= 15 is 0 Å². The maximum atomic E-state index is 11.7. The fourth-order valence-electron chi connectivity index (χ4n) is 1.18. The first kappa shape index (κ1) is 14.1. The molecular formula is C11H15NO3S2. The molecule has 0 aliphatic carbocycles. The number of hydrogen-bond donors (Lipinski definition) is 1. The van der Waals surface area contributed by atoms with Gasteiger partial charge in [0.1, 0.15) is 0 Å². The molecule has 94 valence electrons. The van der Waals surface area contributed by atoms with Crippen molar-refractivity contribution in [2.24, 2.45) is 0 Å². The van der Waals surface area contributed by atoms with Gasteiger partial charge < -0.3 is 5.32 Å². The fourth-order valence-corrected chi connectivity index (χ4v) is 3.77. The lowest BCUT2D eigenvalue weighted by atomic mass is 10.3. The van der Waals surface area contributed by atoms with Gasteiger partial charge in [-0.15, -0.1) is 0 Å².